The van der Waals surface area contributed by atoms with Gasteiger partial charge in [-0.15, -0.1) is 0 Å². The normalized spacial score (nSPS) is 28.9. The Bertz CT molecular complexity index is 250. The van der Waals surface area contributed by atoms with E-state index in [9.17, 15) is 9.59 Å². The zero-order chi connectivity index (χ0) is 10.9. The first-order valence-electron chi connectivity index (χ1n) is 5.08. The second-order valence-corrected chi connectivity index (χ2v) is 5.19. The molecule has 1 N–H and O–H groups in total. The average Bonchev–Trinajstić information content (AvgIpc) is 2.02. The summed E-state index contributed by atoms with van der Waals surface area (Å²) >= 11 is 0. The fourth-order valence-electron chi connectivity index (χ4n) is 2.05. The lowest BCUT2D eigenvalue weighted by Crippen LogP contribution is -2.35. The Balaban J connectivity index is 2.72. The Kier molecular flexibility index (Phi) is 2.98. The smallest absolute Gasteiger partial charge is 0.314 e. The number of carboxylic acid groups (broad SMARTS) is 1. The zero-order valence-corrected chi connectivity index (χ0v) is 9.04. The largest absolute Gasteiger partial charge is 0.481 e. The first-order valence-corrected chi connectivity index (χ1v) is 5.08. The van der Waals surface area contributed by atoms with Crippen molar-refractivity contribution in [3.8, 4) is 0 Å². The van der Waals surface area contributed by atoms with Crippen molar-refractivity contribution in [3.63, 3.8) is 0 Å². The maximum Gasteiger partial charge on any atom is 0.314 e. The molecule has 0 saturated heterocycles. The highest BCUT2D eigenvalue weighted by molar-refractivity contribution is 5.98. The standard InChI is InChI=1S/C11H18O3/c1-11(2,3)7-4-5-9(12)8(6-7)10(13)14/h7-8H,4-6H2,1-3H3,(H,13,14)/t7-,8-/m0/s1. The molecule has 0 bridgehead atoms. The van der Waals surface area contributed by atoms with E-state index in [4.69, 9.17) is 5.11 Å². The molecule has 1 rings (SSSR count). The van der Waals surface area contributed by atoms with E-state index in [1.165, 1.54) is 0 Å². The molecule has 2 atom stereocenters. The van der Waals surface area contributed by atoms with E-state index in [2.05, 4.69) is 20.8 Å². The van der Waals surface area contributed by atoms with E-state index in [1.54, 1.807) is 0 Å². The lowest BCUT2D eigenvalue weighted by Gasteiger charge is -2.35. The second kappa shape index (κ2) is 3.71. The summed E-state index contributed by atoms with van der Waals surface area (Å²) in [5.41, 5.74) is 0.106. The number of aliphatic carboxylic acids is 1. The molecule has 3 nitrogen and oxygen atoms in total. The van der Waals surface area contributed by atoms with Gasteiger partial charge in [0.05, 0.1) is 0 Å². The number of carbonyl (C=O) groups excluding carboxylic acids is 1. The van der Waals surface area contributed by atoms with Crippen LogP contribution >= 0.6 is 0 Å². The van der Waals surface area contributed by atoms with Gasteiger partial charge in [-0.3, -0.25) is 9.59 Å². The van der Waals surface area contributed by atoms with Gasteiger partial charge in [0.2, 0.25) is 0 Å². The van der Waals surface area contributed by atoms with Crippen molar-refractivity contribution in [1.82, 2.24) is 0 Å². The van der Waals surface area contributed by atoms with Crippen LogP contribution in [0.5, 0.6) is 0 Å². The molecule has 0 unspecified atom stereocenters. The molecular weight excluding hydrogens is 180 g/mol. The molecule has 0 spiro atoms. The van der Waals surface area contributed by atoms with Crippen molar-refractivity contribution in [2.24, 2.45) is 17.3 Å². The molecule has 0 radical (unpaired) electrons. The molecule has 0 amide bonds. The van der Waals surface area contributed by atoms with Crippen LogP contribution in [-0.2, 0) is 9.59 Å². The van der Waals surface area contributed by atoms with Crippen LogP contribution in [0.4, 0.5) is 0 Å². The minimum absolute atomic E-state index is 0.0991. The molecule has 0 aromatic rings. The third-order valence-electron chi connectivity index (χ3n) is 3.17. The molecule has 3 heteroatoms. The van der Waals surface area contributed by atoms with Crippen molar-refractivity contribution in [2.45, 2.75) is 40.0 Å². The van der Waals surface area contributed by atoms with E-state index in [0.717, 1.165) is 6.42 Å². The molecule has 1 aliphatic rings. The summed E-state index contributed by atoms with van der Waals surface area (Å²) in [4.78, 5) is 22.1. The van der Waals surface area contributed by atoms with E-state index < -0.39 is 11.9 Å². The van der Waals surface area contributed by atoms with Gasteiger partial charge >= 0.3 is 5.97 Å². The molecule has 1 fully saturated rings. The highest BCUT2D eigenvalue weighted by Gasteiger charge is 2.38. The quantitative estimate of drug-likeness (QED) is 0.656. The highest BCUT2D eigenvalue weighted by atomic mass is 16.4. The van der Waals surface area contributed by atoms with Gasteiger partial charge in [0.1, 0.15) is 11.7 Å². The number of hydrogen-bond donors (Lipinski definition) is 1. The van der Waals surface area contributed by atoms with Gasteiger partial charge in [0, 0.05) is 6.42 Å². The molecule has 0 aliphatic heterocycles. The molecule has 80 valence electrons. The van der Waals surface area contributed by atoms with Gasteiger partial charge < -0.3 is 5.11 Å². The molecule has 0 heterocycles. The van der Waals surface area contributed by atoms with Crippen molar-refractivity contribution >= 4 is 11.8 Å². The first-order chi connectivity index (χ1) is 6.32. The number of carbonyl (C=O) groups is 2. The maximum atomic E-state index is 11.3. The maximum absolute atomic E-state index is 11.3. The average molecular weight is 198 g/mol. The molecular formula is C11H18O3. The Labute approximate surface area is 84.5 Å². The van der Waals surface area contributed by atoms with Crippen LogP contribution in [0.3, 0.4) is 0 Å². The molecule has 0 aromatic heterocycles. The lowest BCUT2D eigenvalue weighted by molar-refractivity contribution is -0.149. The fourth-order valence-corrected chi connectivity index (χ4v) is 2.05. The predicted molar refractivity (Wildman–Crippen MR) is 52.9 cm³/mol. The zero-order valence-electron chi connectivity index (χ0n) is 9.04. The number of hydrogen-bond acceptors (Lipinski definition) is 2. The van der Waals surface area contributed by atoms with Crippen molar-refractivity contribution < 1.29 is 14.7 Å². The minimum Gasteiger partial charge on any atom is -0.481 e. The second-order valence-electron chi connectivity index (χ2n) is 5.19. The number of Topliss-reactive ketones (excluding diaryl/α,β-unsaturated/α-hetero) is 1. The number of ketones is 1. The topological polar surface area (TPSA) is 54.4 Å². The Morgan fingerprint density at radius 3 is 2.43 bits per heavy atom. The van der Waals surface area contributed by atoms with Gasteiger partial charge in [-0.1, -0.05) is 20.8 Å². The number of carboxylic acids is 1. The highest BCUT2D eigenvalue weighted by Crippen LogP contribution is 2.38. The van der Waals surface area contributed by atoms with Crippen molar-refractivity contribution in [3.05, 3.63) is 0 Å². The molecule has 14 heavy (non-hydrogen) atoms. The summed E-state index contributed by atoms with van der Waals surface area (Å²) in [6.45, 7) is 6.31. The van der Waals surface area contributed by atoms with Crippen LogP contribution in [0.1, 0.15) is 40.0 Å². The van der Waals surface area contributed by atoms with Crippen LogP contribution in [-0.4, -0.2) is 16.9 Å². The fraction of sp³-hybridized carbons (Fsp3) is 0.818. The Hall–Kier alpha value is -0.860. The van der Waals surface area contributed by atoms with Crippen LogP contribution in [0.25, 0.3) is 0 Å². The van der Waals surface area contributed by atoms with Gasteiger partial charge in [-0.2, -0.15) is 0 Å². The van der Waals surface area contributed by atoms with Crippen molar-refractivity contribution in [1.29, 1.82) is 0 Å². The first kappa shape index (κ1) is 11.2. The van der Waals surface area contributed by atoms with Gasteiger partial charge in [0.25, 0.3) is 0 Å². The van der Waals surface area contributed by atoms with Crippen LogP contribution in [0.2, 0.25) is 0 Å². The molecule has 1 saturated carbocycles. The predicted octanol–water partition coefficient (Wildman–Crippen LogP) is 2.10. The van der Waals surface area contributed by atoms with Crippen LogP contribution in [0.15, 0.2) is 0 Å². The summed E-state index contributed by atoms with van der Waals surface area (Å²) in [6, 6.07) is 0. The third kappa shape index (κ3) is 2.34. The summed E-state index contributed by atoms with van der Waals surface area (Å²) in [5, 5.41) is 8.87. The summed E-state index contributed by atoms with van der Waals surface area (Å²) in [6.07, 6.45) is 1.78. The van der Waals surface area contributed by atoms with Crippen molar-refractivity contribution in [2.75, 3.05) is 0 Å². The van der Waals surface area contributed by atoms with E-state index in [0.29, 0.717) is 18.8 Å². The Morgan fingerprint density at radius 2 is 2.00 bits per heavy atom. The van der Waals surface area contributed by atoms with E-state index >= 15 is 0 Å². The summed E-state index contributed by atoms with van der Waals surface area (Å²) < 4.78 is 0. The van der Waals surface area contributed by atoms with Gasteiger partial charge in [-0.25, -0.2) is 0 Å². The Morgan fingerprint density at radius 1 is 1.43 bits per heavy atom. The monoisotopic (exact) mass is 198 g/mol. The van der Waals surface area contributed by atoms with E-state index in [-0.39, 0.29) is 11.2 Å². The SMILES string of the molecule is CC(C)(C)[C@H]1CCC(=O)[C@@H](C(=O)O)C1. The third-order valence-corrected chi connectivity index (χ3v) is 3.17. The summed E-state index contributed by atoms with van der Waals surface area (Å²) in [5.74, 6) is -1.46. The van der Waals surface area contributed by atoms with Gasteiger partial charge in [-0.05, 0) is 24.2 Å². The van der Waals surface area contributed by atoms with Crippen LogP contribution in [0, 0.1) is 17.3 Å². The summed E-state index contributed by atoms with van der Waals surface area (Å²) in [7, 11) is 0. The number of rotatable bonds is 1. The molecule has 0 aromatic carbocycles. The van der Waals surface area contributed by atoms with Crippen LogP contribution < -0.4 is 0 Å². The lowest BCUT2D eigenvalue weighted by atomic mass is 9.69. The van der Waals surface area contributed by atoms with Gasteiger partial charge in [0.15, 0.2) is 0 Å². The minimum atomic E-state index is -0.955. The molecule has 1 aliphatic carbocycles. The van der Waals surface area contributed by atoms with E-state index in [1.807, 2.05) is 0 Å².